The second-order valence-electron chi connectivity index (χ2n) is 7.91. The number of nitrogens with zero attached hydrogens (tertiary/aromatic N) is 2. The average Bonchev–Trinajstić information content (AvgIpc) is 3.48. The van der Waals surface area contributed by atoms with Crippen molar-refractivity contribution >= 4 is 17.5 Å². The molecule has 0 unspecified atom stereocenters. The maximum atomic E-state index is 13.1. The number of anilines is 3. The van der Waals surface area contributed by atoms with Crippen molar-refractivity contribution in [3.63, 3.8) is 0 Å². The second-order valence-corrected chi connectivity index (χ2v) is 7.91. The first kappa shape index (κ1) is 19.0. The first-order valence-electron chi connectivity index (χ1n) is 9.99. The molecule has 28 heavy (non-hydrogen) atoms. The summed E-state index contributed by atoms with van der Waals surface area (Å²) in [5.74, 6) is 1.54. The predicted molar refractivity (Wildman–Crippen MR) is 104 cm³/mol. The smallest absolute Gasteiger partial charge is 0.351 e. The van der Waals surface area contributed by atoms with E-state index in [9.17, 15) is 13.2 Å². The molecule has 2 aromatic rings. The van der Waals surface area contributed by atoms with Gasteiger partial charge in [0.1, 0.15) is 5.82 Å². The Morgan fingerprint density at radius 3 is 2.39 bits per heavy atom. The van der Waals surface area contributed by atoms with E-state index in [1.807, 2.05) is 6.07 Å². The van der Waals surface area contributed by atoms with Crippen molar-refractivity contribution in [1.82, 2.24) is 9.97 Å². The molecule has 0 bridgehead atoms. The minimum Gasteiger partial charge on any atom is -0.351 e. The Morgan fingerprint density at radius 1 is 0.964 bits per heavy atom. The van der Waals surface area contributed by atoms with Crippen LogP contribution in [-0.4, -0.2) is 16.0 Å². The molecule has 2 fully saturated rings. The summed E-state index contributed by atoms with van der Waals surface area (Å²) in [6.07, 6.45) is 3.71. The van der Waals surface area contributed by atoms with Gasteiger partial charge in [-0.1, -0.05) is 25.3 Å². The Hall–Kier alpha value is -2.31. The van der Waals surface area contributed by atoms with Crippen LogP contribution in [0, 0.1) is 6.92 Å². The predicted octanol–water partition coefficient (Wildman–Crippen LogP) is 6.17. The van der Waals surface area contributed by atoms with Gasteiger partial charge in [-0.25, -0.2) is 4.98 Å². The number of rotatable bonds is 5. The molecule has 2 aliphatic rings. The van der Waals surface area contributed by atoms with Crippen LogP contribution in [0.3, 0.4) is 0 Å². The molecule has 0 radical (unpaired) electrons. The van der Waals surface area contributed by atoms with Crippen LogP contribution in [0.25, 0.3) is 0 Å². The molecule has 0 amide bonds. The Morgan fingerprint density at radius 2 is 1.71 bits per heavy atom. The minimum absolute atomic E-state index is 0.367. The first-order chi connectivity index (χ1) is 13.4. The third-order valence-electron chi connectivity index (χ3n) is 5.51. The van der Waals surface area contributed by atoms with Crippen molar-refractivity contribution in [1.29, 1.82) is 0 Å². The lowest BCUT2D eigenvalue weighted by atomic mass is 9.96. The van der Waals surface area contributed by atoms with E-state index in [0.717, 1.165) is 49.1 Å². The first-order valence-corrected chi connectivity index (χ1v) is 9.99. The van der Waals surface area contributed by atoms with E-state index in [1.54, 1.807) is 6.92 Å². The van der Waals surface area contributed by atoms with Crippen LogP contribution in [0.5, 0.6) is 0 Å². The average molecular weight is 390 g/mol. The second kappa shape index (κ2) is 7.60. The van der Waals surface area contributed by atoms with Crippen LogP contribution in [0.4, 0.5) is 30.6 Å². The fraction of sp³-hybridized carbons (Fsp3) is 0.524. The topological polar surface area (TPSA) is 49.8 Å². The minimum atomic E-state index is -4.37. The van der Waals surface area contributed by atoms with Crippen molar-refractivity contribution in [2.75, 3.05) is 10.6 Å². The highest BCUT2D eigenvalue weighted by Crippen LogP contribution is 2.40. The standard InChI is InChI=1S/C21H25F3N4/c1-13-7-10-15(21(22,23)24)11-17(13)26-19-12-18(14-8-9-14)27-20(28-19)25-16-5-3-2-4-6-16/h7,10-12,14,16H,2-6,8-9H2,1H3,(H2,25,26,27,28). The van der Waals surface area contributed by atoms with Gasteiger partial charge >= 0.3 is 6.18 Å². The molecule has 1 heterocycles. The Labute approximate surface area is 163 Å². The van der Waals surface area contributed by atoms with Crippen molar-refractivity contribution in [2.24, 2.45) is 0 Å². The Bertz CT molecular complexity index is 840. The van der Waals surface area contributed by atoms with Gasteiger partial charge in [0, 0.05) is 23.7 Å². The van der Waals surface area contributed by atoms with E-state index >= 15 is 0 Å². The SMILES string of the molecule is Cc1ccc(C(F)(F)F)cc1Nc1cc(C2CC2)nc(NC2CCCCC2)n1. The summed E-state index contributed by atoms with van der Waals surface area (Å²) < 4.78 is 39.2. The number of alkyl halides is 3. The molecule has 1 aromatic heterocycles. The van der Waals surface area contributed by atoms with E-state index in [4.69, 9.17) is 0 Å². The Balaban J connectivity index is 1.60. The normalized spacial score (nSPS) is 18.1. The number of hydrogen-bond donors (Lipinski definition) is 2. The molecule has 2 N–H and O–H groups in total. The molecule has 4 rings (SSSR count). The molecule has 2 aliphatic carbocycles. The fourth-order valence-electron chi connectivity index (χ4n) is 3.68. The molecule has 0 aliphatic heterocycles. The van der Waals surface area contributed by atoms with Crippen LogP contribution in [0.1, 0.15) is 67.7 Å². The third kappa shape index (κ3) is 4.56. The zero-order valence-corrected chi connectivity index (χ0v) is 15.9. The van der Waals surface area contributed by atoms with Crippen molar-refractivity contribution < 1.29 is 13.2 Å². The summed E-state index contributed by atoms with van der Waals surface area (Å²) in [4.78, 5) is 9.22. The fourth-order valence-corrected chi connectivity index (χ4v) is 3.68. The van der Waals surface area contributed by atoms with Gasteiger partial charge in [-0.2, -0.15) is 18.2 Å². The molecular formula is C21H25F3N4. The van der Waals surface area contributed by atoms with Crippen LogP contribution in [0.2, 0.25) is 0 Å². The van der Waals surface area contributed by atoms with Gasteiger partial charge in [0.05, 0.1) is 11.3 Å². The van der Waals surface area contributed by atoms with E-state index < -0.39 is 11.7 Å². The number of aromatic nitrogens is 2. The monoisotopic (exact) mass is 390 g/mol. The van der Waals surface area contributed by atoms with Gasteiger partial charge in [-0.05, 0) is 50.3 Å². The summed E-state index contributed by atoms with van der Waals surface area (Å²) in [7, 11) is 0. The van der Waals surface area contributed by atoms with E-state index in [2.05, 4.69) is 20.6 Å². The molecule has 4 nitrogen and oxygen atoms in total. The lowest BCUT2D eigenvalue weighted by molar-refractivity contribution is -0.137. The molecule has 0 atom stereocenters. The molecule has 2 saturated carbocycles. The lowest BCUT2D eigenvalue weighted by Crippen LogP contribution is -2.23. The van der Waals surface area contributed by atoms with Crippen molar-refractivity contribution in [2.45, 2.75) is 70.0 Å². The zero-order chi connectivity index (χ0) is 19.7. The molecule has 150 valence electrons. The van der Waals surface area contributed by atoms with Gasteiger partial charge in [-0.15, -0.1) is 0 Å². The van der Waals surface area contributed by atoms with Gasteiger partial charge < -0.3 is 10.6 Å². The van der Waals surface area contributed by atoms with Crippen LogP contribution in [0.15, 0.2) is 24.3 Å². The number of hydrogen-bond acceptors (Lipinski definition) is 4. The van der Waals surface area contributed by atoms with Crippen LogP contribution < -0.4 is 10.6 Å². The molecule has 0 spiro atoms. The highest BCUT2D eigenvalue weighted by atomic mass is 19.4. The number of halogens is 3. The van der Waals surface area contributed by atoms with Gasteiger partial charge in [0.2, 0.25) is 5.95 Å². The highest BCUT2D eigenvalue weighted by Gasteiger charge is 2.31. The molecule has 1 aromatic carbocycles. The van der Waals surface area contributed by atoms with Gasteiger partial charge in [0.25, 0.3) is 0 Å². The third-order valence-corrected chi connectivity index (χ3v) is 5.51. The number of aryl methyl sites for hydroxylation is 1. The summed E-state index contributed by atoms with van der Waals surface area (Å²) in [6, 6.07) is 5.96. The van der Waals surface area contributed by atoms with Crippen molar-refractivity contribution in [3.05, 3.63) is 41.1 Å². The summed E-state index contributed by atoms with van der Waals surface area (Å²) in [5.41, 5.74) is 1.44. The summed E-state index contributed by atoms with van der Waals surface area (Å²) in [5, 5.41) is 6.53. The van der Waals surface area contributed by atoms with E-state index in [-0.39, 0.29) is 0 Å². The van der Waals surface area contributed by atoms with Crippen LogP contribution in [-0.2, 0) is 6.18 Å². The van der Waals surface area contributed by atoms with Crippen molar-refractivity contribution in [3.8, 4) is 0 Å². The maximum absolute atomic E-state index is 13.1. The zero-order valence-electron chi connectivity index (χ0n) is 15.9. The Kier molecular flexibility index (Phi) is 5.17. The van der Waals surface area contributed by atoms with Gasteiger partial charge in [0.15, 0.2) is 0 Å². The molecule has 7 heteroatoms. The highest BCUT2D eigenvalue weighted by molar-refractivity contribution is 5.63. The quantitative estimate of drug-likeness (QED) is 0.641. The summed E-state index contributed by atoms with van der Waals surface area (Å²) >= 11 is 0. The summed E-state index contributed by atoms with van der Waals surface area (Å²) in [6.45, 7) is 1.78. The van der Waals surface area contributed by atoms with E-state index in [0.29, 0.717) is 29.4 Å². The maximum Gasteiger partial charge on any atom is 0.416 e. The molecular weight excluding hydrogens is 365 g/mol. The van der Waals surface area contributed by atoms with Crippen LogP contribution >= 0.6 is 0 Å². The molecule has 0 saturated heterocycles. The van der Waals surface area contributed by atoms with Gasteiger partial charge in [-0.3, -0.25) is 0 Å². The largest absolute Gasteiger partial charge is 0.416 e. The number of benzene rings is 1. The lowest BCUT2D eigenvalue weighted by Gasteiger charge is -2.23. The number of nitrogens with one attached hydrogen (secondary N) is 2. The van der Waals surface area contributed by atoms with E-state index in [1.165, 1.54) is 25.3 Å².